The molecule has 0 fully saturated rings. The van der Waals surface area contributed by atoms with Gasteiger partial charge in [-0.2, -0.15) is 5.10 Å². The van der Waals surface area contributed by atoms with E-state index in [4.69, 9.17) is 4.42 Å². The minimum Gasteiger partial charge on any atom is -0.434 e. The van der Waals surface area contributed by atoms with E-state index in [2.05, 4.69) is 20.4 Å². The lowest BCUT2D eigenvalue weighted by atomic mass is 10.1. The van der Waals surface area contributed by atoms with Crippen LogP contribution in [0.1, 0.15) is 29.1 Å². The van der Waals surface area contributed by atoms with E-state index in [-0.39, 0.29) is 17.8 Å². The van der Waals surface area contributed by atoms with Gasteiger partial charge in [-0.25, -0.2) is 14.1 Å². The first kappa shape index (κ1) is 18.2. The fraction of sp³-hybridized carbons (Fsp3) is 0.158. The summed E-state index contributed by atoms with van der Waals surface area (Å²) in [5.74, 6) is -0.0596. The van der Waals surface area contributed by atoms with E-state index in [9.17, 15) is 9.18 Å². The average Bonchev–Trinajstić information content (AvgIpc) is 3.35. The number of oxazole rings is 1. The maximum absolute atomic E-state index is 13.2. The van der Waals surface area contributed by atoms with Gasteiger partial charge < -0.3 is 9.73 Å². The molecule has 4 rings (SSSR count). The van der Waals surface area contributed by atoms with Crippen LogP contribution < -0.4 is 5.32 Å². The zero-order valence-electron chi connectivity index (χ0n) is 15.1. The highest BCUT2D eigenvalue weighted by Gasteiger charge is 2.19. The van der Waals surface area contributed by atoms with Crippen LogP contribution in [0.25, 0.3) is 16.6 Å². The number of carbonyl (C=O) groups is 1. The van der Waals surface area contributed by atoms with Crippen molar-refractivity contribution in [1.82, 2.24) is 25.1 Å². The van der Waals surface area contributed by atoms with E-state index in [1.807, 2.05) is 13.2 Å². The van der Waals surface area contributed by atoms with Crippen molar-refractivity contribution in [2.24, 2.45) is 0 Å². The summed E-state index contributed by atoms with van der Waals surface area (Å²) < 4.78 is 20.4. The summed E-state index contributed by atoms with van der Waals surface area (Å²) in [5.41, 5.74) is 1.72. The highest BCUT2D eigenvalue weighted by atomic mass is 32.2. The third-order valence-corrected chi connectivity index (χ3v) is 4.80. The number of amides is 1. The summed E-state index contributed by atoms with van der Waals surface area (Å²) in [4.78, 5) is 21.1. The molecule has 1 atom stereocenters. The van der Waals surface area contributed by atoms with Gasteiger partial charge in [-0.15, -0.1) is 0 Å². The predicted molar refractivity (Wildman–Crippen MR) is 103 cm³/mol. The van der Waals surface area contributed by atoms with Gasteiger partial charge in [-0.1, -0.05) is 11.8 Å². The maximum Gasteiger partial charge on any atom is 0.255 e. The fourth-order valence-corrected chi connectivity index (χ4v) is 3.16. The van der Waals surface area contributed by atoms with E-state index >= 15 is 0 Å². The first-order valence-electron chi connectivity index (χ1n) is 8.45. The monoisotopic (exact) mass is 397 g/mol. The van der Waals surface area contributed by atoms with Crippen LogP contribution in [0.4, 0.5) is 4.39 Å². The van der Waals surface area contributed by atoms with E-state index in [1.165, 1.54) is 30.1 Å². The topological polar surface area (TPSA) is 85.8 Å². The van der Waals surface area contributed by atoms with Gasteiger partial charge in [0.2, 0.25) is 0 Å². The number of nitrogens with one attached hydrogen (secondary N) is 1. The molecule has 1 N–H and O–H groups in total. The molecule has 7 nitrogen and oxygen atoms in total. The van der Waals surface area contributed by atoms with Crippen LogP contribution >= 0.6 is 11.8 Å². The molecule has 0 aliphatic carbocycles. The molecule has 3 heterocycles. The van der Waals surface area contributed by atoms with Gasteiger partial charge in [0.25, 0.3) is 11.1 Å². The van der Waals surface area contributed by atoms with E-state index in [0.29, 0.717) is 33.1 Å². The molecule has 0 radical (unpaired) electrons. The van der Waals surface area contributed by atoms with Crippen molar-refractivity contribution >= 4 is 28.6 Å². The van der Waals surface area contributed by atoms with Crippen LogP contribution in [0, 0.1) is 5.82 Å². The molecule has 142 valence electrons. The number of carbonyl (C=O) groups excluding carboxylic acids is 1. The third kappa shape index (κ3) is 3.36. The summed E-state index contributed by atoms with van der Waals surface area (Å²) in [6, 6.07) is 5.58. The van der Waals surface area contributed by atoms with E-state index in [1.54, 1.807) is 35.4 Å². The lowest BCUT2D eigenvalue weighted by molar-refractivity contribution is 0.0936. The van der Waals surface area contributed by atoms with E-state index in [0.717, 1.165) is 0 Å². The van der Waals surface area contributed by atoms with Crippen molar-refractivity contribution in [1.29, 1.82) is 0 Å². The molecule has 0 saturated heterocycles. The molecule has 0 aliphatic rings. The fourth-order valence-electron chi connectivity index (χ4n) is 2.82. The second kappa shape index (κ2) is 7.43. The summed E-state index contributed by atoms with van der Waals surface area (Å²) in [5, 5.41) is 8.41. The molecule has 1 aromatic carbocycles. The first-order chi connectivity index (χ1) is 13.6. The molecule has 0 bridgehead atoms. The first-order valence-corrected chi connectivity index (χ1v) is 9.67. The molecular formula is C19H16FN5O2S. The summed E-state index contributed by atoms with van der Waals surface area (Å²) in [6.45, 7) is 1.82. The minimum atomic E-state index is -0.358. The van der Waals surface area contributed by atoms with Gasteiger partial charge in [-0.05, 0) is 37.4 Å². The quantitative estimate of drug-likeness (QED) is 0.516. The minimum absolute atomic E-state index is 0.300. The number of benzene rings is 1. The molecule has 0 aliphatic heterocycles. The number of hydrogen-bond donors (Lipinski definition) is 1. The van der Waals surface area contributed by atoms with Crippen LogP contribution in [0.15, 0.2) is 58.7 Å². The largest absolute Gasteiger partial charge is 0.434 e. The Kier molecular flexibility index (Phi) is 4.82. The smallest absolute Gasteiger partial charge is 0.255 e. The molecule has 0 saturated carbocycles. The van der Waals surface area contributed by atoms with Crippen molar-refractivity contribution in [2.75, 3.05) is 6.26 Å². The van der Waals surface area contributed by atoms with Crippen molar-refractivity contribution < 1.29 is 13.6 Å². The summed E-state index contributed by atoms with van der Waals surface area (Å²) in [6.07, 6.45) is 8.17. The average molecular weight is 397 g/mol. The maximum atomic E-state index is 13.2. The third-order valence-electron chi connectivity index (χ3n) is 4.26. The Balaban J connectivity index is 1.63. The number of halogens is 1. The van der Waals surface area contributed by atoms with Gasteiger partial charge in [0, 0.05) is 11.6 Å². The lowest BCUT2D eigenvalue weighted by Crippen LogP contribution is -2.26. The zero-order valence-corrected chi connectivity index (χ0v) is 15.9. The molecule has 0 spiro atoms. The van der Waals surface area contributed by atoms with Crippen LogP contribution in [0.2, 0.25) is 0 Å². The normalized spacial score (nSPS) is 12.2. The second-order valence-corrected chi connectivity index (χ2v) is 6.84. The number of thioether (sulfide) groups is 1. The molecule has 28 heavy (non-hydrogen) atoms. The van der Waals surface area contributed by atoms with Crippen LogP contribution in [-0.2, 0) is 0 Å². The number of rotatable bonds is 5. The van der Waals surface area contributed by atoms with Gasteiger partial charge in [0.15, 0.2) is 0 Å². The predicted octanol–water partition coefficient (Wildman–Crippen LogP) is 3.76. The highest BCUT2D eigenvalue weighted by molar-refractivity contribution is 7.98. The van der Waals surface area contributed by atoms with Crippen molar-refractivity contribution in [3.63, 3.8) is 0 Å². The Hall–Kier alpha value is -3.20. The van der Waals surface area contributed by atoms with Gasteiger partial charge >= 0.3 is 0 Å². The molecule has 9 heteroatoms. The van der Waals surface area contributed by atoms with Crippen LogP contribution in [0.5, 0.6) is 0 Å². The highest BCUT2D eigenvalue weighted by Crippen LogP contribution is 2.23. The molecule has 3 aromatic heterocycles. The molecule has 4 aromatic rings. The molecule has 1 unspecified atom stereocenters. The summed E-state index contributed by atoms with van der Waals surface area (Å²) >= 11 is 1.39. The Bertz CT molecular complexity index is 1140. The Morgan fingerprint density at radius 3 is 2.71 bits per heavy atom. The molecule has 1 amide bonds. The Morgan fingerprint density at radius 1 is 1.21 bits per heavy atom. The number of pyridine rings is 1. The number of fused-ring (bicyclic) bond motifs is 1. The van der Waals surface area contributed by atoms with Gasteiger partial charge in [0.1, 0.15) is 11.6 Å². The second-order valence-electron chi connectivity index (χ2n) is 6.08. The molecular weight excluding hydrogens is 381 g/mol. The number of nitrogens with zero attached hydrogens (tertiary/aromatic N) is 4. The van der Waals surface area contributed by atoms with Crippen molar-refractivity contribution in [3.05, 3.63) is 66.2 Å². The van der Waals surface area contributed by atoms with Crippen LogP contribution in [-0.4, -0.2) is 31.9 Å². The SMILES string of the molecule is CSc1ncc(C(C)NC(=O)c2cncc3c2cnn3-c2ccc(F)cc2)o1. The van der Waals surface area contributed by atoms with Crippen LogP contribution in [0.3, 0.4) is 0 Å². The summed E-state index contributed by atoms with van der Waals surface area (Å²) in [7, 11) is 0. The number of aromatic nitrogens is 4. The van der Waals surface area contributed by atoms with Crippen molar-refractivity contribution in [3.8, 4) is 5.69 Å². The van der Waals surface area contributed by atoms with Gasteiger partial charge in [0.05, 0.1) is 41.4 Å². The van der Waals surface area contributed by atoms with E-state index < -0.39 is 0 Å². The van der Waals surface area contributed by atoms with Gasteiger partial charge in [-0.3, -0.25) is 9.78 Å². The van der Waals surface area contributed by atoms with Crippen molar-refractivity contribution in [2.45, 2.75) is 18.2 Å². The Morgan fingerprint density at radius 2 is 2.00 bits per heavy atom. The Labute approximate surface area is 164 Å². The zero-order chi connectivity index (χ0) is 19.7. The number of hydrogen-bond acceptors (Lipinski definition) is 6. The lowest BCUT2D eigenvalue weighted by Gasteiger charge is -2.11. The standard InChI is InChI=1S/C19H16FN5O2S/c1-11(17-10-22-19(27-17)28-2)24-18(26)15-7-21-9-16-14(15)8-23-25(16)13-5-3-12(20)4-6-13/h3-11H,1-2H3,(H,24,26).